The number of aliphatic hydroxyl groups excluding tert-OH is 1. The van der Waals surface area contributed by atoms with Crippen LogP contribution in [0.1, 0.15) is 35.1 Å². The standard InChI is InChI=1S/C28H30N2O3/c1-29(26(18-30-16-15-20(31)17-30)19-11-13-21(33-2)14-12-19)28(32)27-24-9-5-3-7-22(24)23-8-4-6-10-25(23)27/h3-14,20,26-27,31H,15-18H2,1-2H3/t20-,26+/m0/s1. The summed E-state index contributed by atoms with van der Waals surface area (Å²) in [5, 5.41) is 10.1. The average molecular weight is 443 g/mol. The minimum Gasteiger partial charge on any atom is -0.497 e. The lowest BCUT2D eigenvalue weighted by Gasteiger charge is -2.34. The molecule has 5 rings (SSSR count). The summed E-state index contributed by atoms with van der Waals surface area (Å²) in [4.78, 5) is 18.2. The van der Waals surface area contributed by atoms with Crippen molar-refractivity contribution in [3.05, 3.63) is 89.5 Å². The first-order valence-corrected chi connectivity index (χ1v) is 11.6. The van der Waals surface area contributed by atoms with Crippen molar-refractivity contribution in [1.82, 2.24) is 9.80 Å². The number of rotatable bonds is 6. The van der Waals surface area contributed by atoms with Crippen LogP contribution in [0.5, 0.6) is 5.75 Å². The number of carbonyl (C=O) groups excluding carboxylic acids is 1. The van der Waals surface area contributed by atoms with Gasteiger partial charge in [0.05, 0.1) is 25.2 Å². The van der Waals surface area contributed by atoms with Crippen LogP contribution in [0.2, 0.25) is 0 Å². The Morgan fingerprint density at radius 2 is 1.64 bits per heavy atom. The van der Waals surface area contributed by atoms with Gasteiger partial charge in [0.2, 0.25) is 5.91 Å². The Hall–Kier alpha value is -3.15. The molecular weight excluding hydrogens is 412 g/mol. The van der Waals surface area contributed by atoms with Crippen LogP contribution in [-0.2, 0) is 4.79 Å². The highest BCUT2D eigenvalue weighted by Crippen LogP contribution is 2.46. The number of methoxy groups -OCH3 is 1. The van der Waals surface area contributed by atoms with Crippen LogP contribution in [0.4, 0.5) is 0 Å². The summed E-state index contributed by atoms with van der Waals surface area (Å²) < 4.78 is 5.34. The molecule has 2 atom stereocenters. The van der Waals surface area contributed by atoms with Gasteiger partial charge in [-0.15, -0.1) is 0 Å². The van der Waals surface area contributed by atoms with Crippen molar-refractivity contribution in [2.24, 2.45) is 0 Å². The van der Waals surface area contributed by atoms with Gasteiger partial charge in [-0.25, -0.2) is 0 Å². The van der Waals surface area contributed by atoms with E-state index in [2.05, 4.69) is 29.2 Å². The van der Waals surface area contributed by atoms with Crippen LogP contribution in [0, 0.1) is 0 Å². The first-order chi connectivity index (χ1) is 16.1. The monoisotopic (exact) mass is 442 g/mol. The van der Waals surface area contributed by atoms with E-state index in [0.717, 1.165) is 46.5 Å². The fourth-order valence-electron chi connectivity index (χ4n) is 5.28. The molecule has 3 aromatic carbocycles. The lowest BCUT2D eigenvalue weighted by atomic mass is 9.94. The Kier molecular flexibility index (Phi) is 5.92. The largest absolute Gasteiger partial charge is 0.497 e. The molecule has 1 amide bonds. The van der Waals surface area contributed by atoms with Crippen molar-refractivity contribution in [3.63, 3.8) is 0 Å². The molecule has 0 unspecified atom stereocenters. The molecule has 5 nitrogen and oxygen atoms in total. The summed E-state index contributed by atoms with van der Waals surface area (Å²) in [6.45, 7) is 2.16. The molecule has 0 aromatic heterocycles. The lowest BCUT2D eigenvalue weighted by molar-refractivity contribution is -0.133. The molecule has 0 spiro atoms. The van der Waals surface area contributed by atoms with Crippen molar-refractivity contribution >= 4 is 5.91 Å². The Morgan fingerprint density at radius 1 is 1.03 bits per heavy atom. The number of benzene rings is 3. The molecule has 1 heterocycles. The molecule has 3 aromatic rings. The molecule has 170 valence electrons. The molecule has 1 aliphatic heterocycles. The second-order valence-electron chi connectivity index (χ2n) is 9.05. The summed E-state index contributed by atoms with van der Waals surface area (Å²) in [6, 6.07) is 24.3. The van der Waals surface area contributed by atoms with Gasteiger partial charge in [0, 0.05) is 26.7 Å². The summed E-state index contributed by atoms with van der Waals surface area (Å²) in [7, 11) is 3.57. The van der Waals surface area contributed by atoms with Crippen LogP contribution in [0.25, 0.3) is 11.1 Å². The second-order valence-corrected chi connectivity index (χ2v) is 9.05. The number of likely N-dealkylation sites (tertiary alicyclic amines) is 1. The SMILES string of the molecule is COc1ccc([C@@H](CN2CC[C@H](O)C2)N(C)C(=O)C2c3ccccc3-c3ccccc32)cc1. The third kappa shape index (κ3) is 4.03. The van der Waals surface area contributed by atoms with Gasteiger partial charge in [0.25, 0.3) is 0 Å². The van der Waals surface area contributed by atoms with E-state index in [1.54, 1.807) is 7.11 Å². The third-order valence-electron chi connectivity index (χ3n) is 7.08. The molecule has 0 radical (unpaired) electrons. The lowest BCUT2D eigenvalue weighted by Crippen LogP contribution is -2.41. The normalized spacial score (nSPS) is 18.6. The molecular formula is C28H30N2O3. The molecule has 2 aliphatic rings. The van der Waals surface area contributed by atoms with Gasteiger partial charge in [-0.3, -0.25) is 9.69 Å². The predicted octanol–water partition coefficient (Wildman–Crippen LogP) is 4.07. The highest BCUT2D eigenvalue weighted by atomic mass is 16.5. The number of hydrogen-bond acceptors (Lipinski definition) is 4. The van der Waals surface area contributed by atoms with E-state index < -0.39 is 0 Å². The molecule has 1 saturated heterocycles. The molecule has 5 heteroatoms. The van der Waals surface area contributed by atoms with Crippen LogP contribution in [0.15, 0.2) is 72.8 Å². The number of ether oxygens (including phenoxy) is 1. The Morgan fingerprint density at radius 3 is 2.18 bits per heavy atom. The van der Waals surface area contributed by atoms with Crippen LogP contribution < -0.4 is 4.74 Å². The molecule has 1 aliphatic carbocycles. The molecule has 1 fully saturated rings. The first kappa shape index (κ1) is 21.7. The summed E-state index contributed by atoms with van der Waals surface area (Å²) in [5.41, 5.74) is 5.49. The van der Waals surface area contributed by atoms with E-state index in [-0.39, 0.29) is 24.0 Å². The van der Waals surface area contributed by atoms with Gasteiger partial charge in [0.1, 0.15) is 5.75 Å². The van der Waals surface area contributed by atoms with Gasteiger partial charge in [-0.1, -0.05) is 60.7 Å². The molecule has 33 heavy (non-hydrogen) atoms. The van der Waals surface area contributed by atoms with E-state index in [9.17, 15) is 9.90 Å². The quantitative estimate of drug-likeness (QED) is 0.625. The fraction of sp³-hybridized carbons (Fsp3) is 0.321. The number of likely N-dealkylation sites (N-methyl/N-ethyl adjacent to an activating group) is 1. The zero-order valence-electron chi connectivity index (χ0n) is 19.1. The number of hydrogen-bond donors (Lipinski definition) is 1. The number of aliphatic hydroxyl groups is 1. The van der Waals surface area contributed by atoms with Crippen molar-refractivity contribution in [2.45, 2.75) is 24.5 Å². The smallest absolute Gasteiger partial charge is 0.234 e. The highest BCUT2D eigenvalue weighted by Gasteiger charge is 2.37. The Labute approximate surface area is 195 Å². The van der Waals surface area contributed by atoms with E-state index in [4.69, 9.17) is 4.74 Å². The fourth-order valence-corrected chi connectivity index (χ4v) is 5.28. The molecule has 0 saturated carbocycles. The number of β-amino-alcohol motifs (C(OH)–C–C–N with tert-alkyl or cyclic N) is 1. The topological polar surface area (TPSA) is 53.0 Å². The van der Waals surface area contributed by atoms with Gasteiger partial charge < -0.3 is 14.7 Å². The van der Waals surface area contributed by atoms with Crippen LogP contribution in [-0.4, -0.2) is 60.7 Å². The highest BCUT2D eigenvalue weighted by molar-refractivity contribution is 5.96. The van der Waals surface area contributed by atoms with Crippen molar-refractivity contribution in [3.8, 4) is 16.9 Å². The number of nitrogens with zero attached hydrogens (tertiary/aromatic N) is 2. The third-order valence-corrected chi connectivity index (χ3v) is 7.08. The van der Waals surface area contributed by atoms with Gasteiger partial charge in [-0.2, -0.15) is 0 Å². The summed E-state index contributed by atoms with van der Waals surface area (Å²) in [5.74, 6) is 0.571. The number of carbonyl (C=O) groups is 1. The van der Waals surface area contributed by atoms with Crippen molar-refractivity contribution in [2.75, 3.05) is 33.8 Å². The summed E-state index contributed by atoms with van der Waals surface area (Å²) in [6.07, 6.45) is 0.479. The zero-order chi connectivity index (χ0) is 22.9. The van der Waals surface area contributed by atoms with Gasteiger partial charge in [0.15, 0.2) is 0 Å². The van der Waals surface area contributed by atoms with Crippen LogP contribution in [0.3, 0.4) is 0 Å². The second kappa shape index (κ2) is 9.00. The van der Waals surface area contributed by atoms with E-state index in [1.165, 1.54) is 0 Å². The van der Waals surface area contributed by atoms with Crippen molar-refractivity contribution < 1.29 is 14.6 Å². The predicted molar refractivity (Wildman–Crippen MR) is 129 cm³/mol. The minimum absolute atomic E-state index is 0.0907. The maximum Gasteiger partial charge on any atom is 0.234 e. The Balaban J connectivity index is 1.49. The summed E-state index contributed by atoms with van der Waals surface area (Å²) >= 11 is 0. The number of fused-ring (bicyclic) bond motifs is 3. The van der Waals surface area contributed by atoms with Crippen molar-refractivity contribution in [1.29, 1.82) is 0 Å². The van der Waals surface area contributed by atoms with E-state index in [0.29, 0.717) is 13.1 Å². The first-order valence-electron chi connectivity index (χ1n) is 11.6. The maximum absolute atomic E-state index is 14.1. The molecule has 1 N–H and O–H groups in total. The van der Waals surface area contributed by atoms with Crippen LogP contribution >= 0.6 is 0 Å². The zero-order valence-corrected chi connectivity index (χ0v) is 19.1. The van der Waals surface area contributed by atoms with Gasteiger partial charge >= 0.3 is 0 Å². The Bertz CT molecular complexity index is 1100. The van der Waals surface area contributed by atoms with E-state index >= 15 is 0 Å². The maximum atomic E-state index is 14.1. The number of amides is 1. The average Bonchev–Trinajstić information content (AvgIpc) is 3.42. The molecule has 0 bridgehead atoms. The minimum atomic E-state index is -0.313. The van der Waals surface area contributed by atoms with Gasteiger partial charge in [-0.05, 0) is 46.4 Å². The van der Waals surface area contributed by atoms with E-state index in [1.807, 2.05) is 60.5 Å².